The number of amides is 2. The minimum absolute atomic E-state index is 0.0424. The van der Waals surface area contributed by atoms with Crippen LogP contribution in [0, 0.1) is 6.92 Å². The summed E-state index contributed by atoms with van der Waals surface area (Å²) in [5, 5.41) is 2.95. The highest BCUT2D eigenvalue weighted by Gasteiger charge is 2.57. The van der Waals surface area contributed by atoms with Crippen molar-refractivity contribution in [1.29, 1.82) is 0 Å². The largest absolute Gasteiger partial charge is 0.350 e. The fraction of sp³-hybridized carbons (Fsp3) is 0.333. The SMILES string of the molecule is Cc1ccc(CNC(=O)[C@@H]2N3C(=O)c4ccccc4[C@@H]3SC2(C)C)cc1. The van der Waals surface area contributed by atoms with Crippen molar-refractivity contribution in [1.82, 2.24) is 10.2 Å². The van der Waals surface area contributed by atoms with E-state index in [0.717, 1.165) is 16.7 Å². The van der Waals surface area contributed by atoms with Gasteiger partial charge < -0.3 is 10.2 Å². The van der Waals surface area contributed by atoms with Crippen LogP contribution in [0.1, 0.15) is 46.3 Å². The molecule has 0 saturated carbocycles. The average Bonchev–Trinajstić information content (AvgIpc) is 3.04. The normalized spacial score (nSPS) is 22.9. The van der Waals surface area contributed by atoms with Gasteiger partial charge in [-0.2, -0.15) is 0 Å². The van der Waals surface area contributed by atoms with Crippen LogP contribution in [0.2, 0.25) is 0 Å². The first-order valence-electron chi connectivity index (χ1n) is 8.81. The van der Waals surface area contributed by atoms with E-state index in [1.807, 2.05) is 69.3 Å². The van der Waals surface area contributed by atoms with Crippen LogP contribution in [0.4, 0.5) is 0 Å². The predicted octanol–water partition coefficient (Wildman–Crippen LogP) is 3.66. The first kappa shape index (κ1) is 17.2. The number of carbonyl (C=O) groups excluding carboxylic acids is 2. The Bertz CT molecular complexity index is 876. The Hall–Kier alpha value is -2.27. The van der Waals surface area contributed by atoms with Gasteiger partial charge in [-0.3, -0.25) is 9.59 Å². The van der Waals surface area contributed by atoms with Gasteiger partial charge in [-0.25, -0.2) is 0 Å². The molecule has 2 aliphatic rings. The number of rotatable bonds is 3. The molecule has 1 N–H and O–H groups in total. The highest BCUT2D eigenvalue weighted by Crippen LogP contribution is 2.56. The van der Waals surface area contributed by atoms with Gasteiger partial charge >= 0.3 is 0 Å². The third-order valence-electron chi connectivity index (χ3n) is 5.13. The molecule has 0 spiro atoms. The number of hydrogen-bond acceptors (Lipinski definition) is 3. The van der Waals surface area contributed by atoms with Crippen molar-refractivity contribution in [2.24, 2.45) is 0 Å². The molecule has 0 aliphatic carbocycles. The molecule has 1 fully saturated rings. The van der Waals surface area contributed by atoms with Gasteiger partial charge in [0.1, 0.15) is 11.4 Å². The smallest absolute Gasteiger partial charge is 0.256 e. The molecule has 2 aliphatic heterocycles. The molecule has 2 heterocycles. The minimum Gasteiger partial charge on any atom is -0.350 e. The van der Waals surface area contributed by atoms with Crippen molar-refractivity contribution in [3.8, 4) is 0 Å². The van der Waals surface area contributed by atoms with Crippen molar-refractivity contribution < 1.29 is 9.59 Å². The summed E-state index contributed by atoms with van der Waals surface area (Å²) in [5.41, 5.74) is 3.98. The van der Waals surface area contributed by atoms with Crippen LogP contribution in [-0.2, 0) is 11.3 Å². The van der Waals surface area contributed by atoms with Gasteiger partial charge in [0.05, 0.1) is 0 Å². The maximum atomic E-state index is 13.0. The zero-order chi connectivity index (χ0) is 18.5. The summed E-state index contributed by atoms with van der Waals surface area (Å²) < 4.78 is -0.342. The third-order valence-corrected chi connectivity index (χ3v) is 6.67. The van der Waals surface area contributed by atoms with Crippen molar-refractivity contribution >= 4 is 23.6 Å². The zero-order valence-corrected chi connectivity index (χ0v) is 16.0. The molecule has 0 radical (unpaired) electrons. The molecule has 4 nitrogen and oxygen atoms in total. The first-order valence-corrected chi connectivity index (χ1v) is 9.69. The molecule has 2 aromatic rings. The molecule has 2 amide bonds. The van der Waals surface area contributed by atoms with Crippen LogP contribution in [0.3, 0.4) is 0 Å². The van der Waals surface area contributed by atoms with E-state index in [0.29, 0.717) is 6.54 Å². The van der Waals surface area contributed by atoms with Gasteiger partial charge in [-0.1, -0.05) is 48.0 Å². The maximum absolute atomic E-state index is 13.0. The molecule has 26 heavy (non-hydrogen) atoms. The summed E-state index contributed by atoms with van der Waals surface area (Å²) in [5.74, 6) is -0.133. The van der Waals surface area contributed by atoms with Crippen molar-refractivity contribution in [2.75, 3.05) is 0 Å². The average molecular weight is 366 g/mol. The number of aryl methyl sites for hydroxylation is 1. The predicted molar refractivity (Wildman–Crippen MR) is 104 cm³/mol. The quantitative estimate of drug-likeness (QED) is 0.902. The fourth-order valence-electron chi connectivity index (χ4n) is 3.80. The molecule has 4 rings (SSSR count). The number of benzene rings is 2. The van der Waals surface area contributed by atoms with Crippen LogP contribution in [0.5, 0.6) is 0 Å². The molecule has 0 aromatic heterocycles. The summed E-state index contributed by atoms with van der Waals surface area (Å²) in [7, 11) is 0. The molecule has 1 saturated heterocycles. The number of nitrogens with zero attached hydrogens (tertiary/aromatic N) is 1. The lowest BCUT2D eigenvalue weighted by Gasteiger charge is -2.29. The van der Waals surface area contributed by atoms with E-state index in [4.69, 9.17) is 0 Å². The third kappa shape index (κ3) is 2.71. The Morgan fingerprint density at radius 2 is 1.85 bits per heavy atom. The molecule has 0 unspecified atom stereocenters. The Kier molecular flexibility index (Phi) is 4.07. The van der Waals surface area contributed by atoms with Crippen LogP contribution >= 0.6 is 11.8 Å². The molecule has 2 aromatic carbocycles. The van der Waals surface area contributed by atoms with Crippen molar-refractivity contribution in [3.63, 3.8) is 0 Å². The second-order valence-electron chi connectivity index (χ2n) is 7.48. The van der Waals surface area contributed by atoms with E-state index in [9.17, 15) is 9.59 Å². The second kappa shape index (κ2) is 6.16. The summed E-state index contributed by atoms with van der Waals surface area (Å²) in [6, 6.07) is 15.3. The lowest BCUT2D eigenvalue weighted by molar-refractivity contribution is -0.126. The van der Waals surface area contributed by atoms with E-state index >= 15 is 0 Å². The maximum Gasteiger partial charge on any atom is 0.256 e. The van der Waals surface area contributed by atoms with Gasteiger partial charge in [-0.15, -0.1) is 11.8 Å². The standard InChI is InChI=1S/C21H22N2O2S/c1-13-8-10-14(11-9-13)12-22-18(24)17-21(2,3)26-20-16-7-5-4-6-15(16)19(25)23(17)20/h4-11,17,20H,12H2,1-3H3,(H,22,24)/t17-,20-/m0/s1. The highest BCUT2D eigenvalue weighted by atomic mass is 32.2. The summed E-state index contributed by atoms with van der Waals surface area (Å²) >= 11 is 1.69. The Labute approximate surface area is 158 Å². The Morgan fingerprint density at radius 3 is 2.58 bits per heavy atom. The first-order chi connectivity index (χ1) is 12.4. The molecule has 5 heteroatoms. The van der Waals surface area contributed by atoms with Crippen LogP contribution in [0.25, 0.3) is 0 Å². The molecular weight excluding hydrogens is 344 g/mol. The van der Waals surface area contributed by atoms with Crippen molar-refractivity contribution in [2.45, 2.75) is 43.5 Å². The molecular formula is C21H22N2O2S. The number of hydrogen-bond donors (Lipinski definition) is 1. The number of nitrogens with one attached hydrogen (secondary N) is 1. The summed E-state index contributed by atoms with van der Waals surface area (Å²) in [4.78, 5) is 27.7. The number of thioether (sulfide) groups is 1. The minimum atomic E-state index is -0.483. The van der Waals surface area contributed by atoms with E-state index in [1.54, 1.807) is 16.7 Å². The summed E-state index contributed by atoms with van der Waals surface area (Å²) in [6.45, 7) is 6.59. The van der Waals surface area contributed by atoms with E-state index < -0.39 is 6.04 Å². The second-order valence-corrected chi connectivity index (χ2v) is 9.21. The highest BCUT2D eigenvalue weighted by molar-refractivity contribution is 8.01. The molecule has 134 valence electrons. The lowest BCUT2D eigenvalue weighted by atomic mass is 10.0. The van der Waals surface area contributed by atoms with Crippen LogP contribution in [-0.4, -0.2) is 27.5 Å². The molecule has 0 bridgehead atoms. The number of carbonyl (C=O) groups is 2. The van der Waals surface area contributed by atoms with Gasteiger partial charge in [0.25, 0.3) is 5.91 Å². The van der Waals surface area contributed by atoms with Crippen LogP contribution < -0.4 is 5.32 Å². The zero-order valence-electron chi connectivity index (χ0n) is 15.2. The van der Waals surface area contributed by atoms with Gasteiger partial charge in [0.2, 0.25) is 5.91 Å². The lowest BCUT2D eigenvalue weighted by Crippen LogP contribution is -2.52. The topological polar surface area (TPSA) is 49.4 Å². The van der Waals surface area contributed by atoms with Gasteiger partial charge in [-0.05, 0) is 38.0 Å². The fourth-order valence-corrected chi connectivity index (χ4v) is 5.38. The number of fused-ring (bicyclic) bond motifs is 3. The Balaban J connectivity index is 1.56. The van der Waals surface area contributed by atoms with E-state index in [1.165, 1.54) is 5.56 Å². The van der Waals surface area contributed by atoms with E-state index in [2.05, 4.69) is 5.32 Å². The van der Waals surface area contributed by atoms with Gasteiger partial charge in [0.15, 0.2) is 0 Å². The van der Waals surface area contributed by atoms with E-state index in [-0.39, 0.29) is 21.9 Å². The monoisotopic (exact) mass is 366 g/mol. The summed E-state index contributed by atoms with van der Waals surface area (Å²) in [6.07, 6.45) is 0. The van der Waals surface area contributed by atoms with Crippen LogP contribution in [0.15, 0.2) is 48.5 Å². The van der Waals surface area contributed by atoms with Crippen molar-refractivity contribution in [3.05, 3.63) is 70.8 Å². The Morgan fingerprint density at radius 1 is 1.15 bits per heavy atom. The van der Waals surface area contributed by atoms with Gasteiger partial charge in [0, 0.05) is 16.9 Å². The molecule has 2 atom stereocenters.